The average molecular weight is 1170 g/mol. The highest BCUT2D eigenvalue weighted by molar-refractivity contribution is 7.00. The number of anilines is 6. The van der Waals surface area contributed by atoms with Gasteiger partial charge in [0.05, 0.1) is 45.0 Å². The van der Waals surface area contributed by atoms with E-state index in [9.17, 15) is 20.4 Å². The van der Waals surface area contributed by atoms with Gasteiger partial charge in [-0.15, -0.1) is 0 Å². The molecule has 0 radical (unpaired) electrons. The molecule has 0 amide bonds. The molecule has 4 N–H and O–H groups in total. The quantitative estimate of drug-likeness (QED) is 0.101. The maximum absolute atomic E-state index is 13.1. The number of nitrogens with zero attached hydrogens (tertiary/aromatic N) is 3. The van der Waals surface area contributed by atoms with Gasteiger partial charge in [0, 0.05) is 78.0 Å². The predicted octanol–water partition coefficient (Wildman–Crippen LogP) is 17.8. The zero-order valence-electron chi connectivity index (χ0n) is 54.8. The Labute approximate surface area is 521 Å². The largest absolute Gasteiger partial charge is 0.455 e. The van der Waals surface area contributed by atoms with E-state index in [-0.39, 0.29) is 10.8 Å². The fourth-order valence-corrected chi connectivity index (χ4v) is 13.8. The van der Waals surface area contributed by atoms with Gasteiger partial charge in [-0.1, -0.05) is 166 Å². The summed E-state index contributed by atoms with van der Waals surface area (Å²) in [6, 6.07) is 49.6. The Morgan fingerprint density at radius 3 is 1.48 bits per heavy atom. The lowest BCUT2D eigenvalue weighted by Gasteiger charge is -2.48. The van der Waals surface area contributed by atoms with Crippen LogP contribution in [-0.4, -0.2) is 31.7 Å². The zero-order valence-corrected chi connectivity index (χ0v) is 54.8. The number of aromatic nitrogens is 1. The third kappa shape index (κ3) is 9.85. The monoisotopic (exact) mass is 1170 g/mol. The van der Waals surface area contributed by atoms with E-state index < -0.39 is 34.5 Å². The summed E-state index contributed by atoms with van der Waals surface area (Å²) in [5.41, 5.74) is 13.9. The van der Waals surface area contributed by atoms with Gasteiger partial charge in [0.2, 0.25) is 0 Å². The van der Waals surface area contributed by atoms with Crippen LogP contribution in [0.25, 0.3) is 61.8 Å². The number of fused-ring (bicyclic) bond motifs is 8. The minimum absolute atomic E-state index is 0.289. The van der Waals surface area contributed by atoms with E-state index in [1.807, 2.05) is 85.7 Å². The third-order valence-electron chi connectivity index (χ3n) is 18.4. The van der Waals surface area contributed by atoms with Gasteiger partial charge in [0.25, 0.3) is 6.71 Å². The number of aliphatic hydroxyl groups is 4. The maximum Gasteiger partial charge on any atom is 0.252 e. The van der Waals surface area contributed by atoms with Gasteiger partial charge in [-0.3, -0.25) is 0 Å². The Balaban J connectivity index is 1.31. The summed E-state index contributed by atoms with van der Waals surface area (Å²) in [5, 5.41) is 55.2. The summed E-state index contributed by atoms with van der Waals surface area (Å²) in [5.74, 6) is 0. The third-order valence-corrected chi connectivity index (χ3v) is 18.4. The summed E-state index contributed by atoms with van der Waals surface area (Å²) in [6.45, 7) is 40.9. The SMILES string of the molecule is C=Cc1c(/C=C\C)c2cc3c(cc2n1-c1ccccc1)N(c1c(C(C)(C)O)cc(C(C)(C)C)cc1C(C)(C)O)c1cc(C(C)(C)C)cc2c1B3c1ccc(C(C)(C)C)cc1N2c1c(C(C)(C)O)cc(-c2cccc3c2oc2ccccc23)cc1C(C)(C)O. The summed E-state index contributed by atoms with van der Waals surface area (Å²) >= 11 is 0. The van der Waals surface area contributed by atoms with E-state index in [1.54, 1.807) is 0 Å². The van der Waals surface area contributed by atoms with Crippen molar-refractivity contribution >= 4 is 102 Å². The number of para-hydroxylation sites is 3. The molecule has 0 saturated carbocycles. The van der Waals surface area contributed by atoms with Crippen LogP contribution in [0, 0.1) is 0 Å². The van der Waals surface area contributed by atoms with Gasteiger partial charge < -0.3 is 39.2 Å². The summed E-state index contributed by atoms with van der Waals surface area (Å²) in [4.78, 5) is 4.71. The summed E-state index contributed by atoms with van der Waals surface area (Å²) in [6.07, 6.45) is 6.23. The molecule has 0 bridgehead atoms. The molecule has 12 rings (SSSR count). The van der Waals surface area contributed by atoms with Crippen molar-refractivity contribution in [2.45, 2.75) is 163 Å². The van der Waals surface area contributed by atoms with Crippen molar-refractivity contribution < 1.29 is 24.8 Å². The van der Waals surface area contributed by atoms with Crippen molar-refractivity contribution in [3.8, 4) is 16.8 Å². The van der Waals surface area contributed by atoms with Crippen molar-refractivity contribution in [1.29, 1.82) is 0 Å². The lowest BCUT2D eigenvalue weighted by atomic mass is 9.33. The van der Waals surface area contributed by atoms with E-state index in [1.165, 1.54) is 0 Å². The highest BCUT2D eigenvalue weighted by Crippen LogP contribution is 2.55. The molecule has 88 heavy (non-hydrogen) atoms. The molecule has 9 heteroatoms. The molecule has 0 fully saturated rings. The Kier molecular flexibility index (Phi) is 13.9. The van der Waals surface area contributed by atoms with E-state index in [0.717, 1.165) is 117 Å². The van der Waals surface area contributed by atoms with Crippen molar-refractivity contribution in [2.75, 3.05) is 9.80 Å². The first-order valence-corrected chi connectivity index (χ1v) is 31.2. The Morgan fingerprint density at radius 2 is 0.955 bits per heavy atom. The van der Waals surface area contributed by atoms with Crippen LogP contribution >= 0.6 is 0 Å². The second-order valence-corrected chi connectivity index (χ2v) is 30.0. The second-order valence-electron chi connectivity index (χ2n) is 30.0. The van der Waals surface area contributed by atoms with Crippen molar-refractivity contribution in [2.24, 2.45) is 0 Å². The second kappa shape index (κ2) is 20.3. The molecule has 0 saturated heterocycles. The highest BCUT2D eigenvalue weighted by Gasteiger charge is 2.49. The van der Waals surface area contributed by atoms with Crippen LogP contribution in [0.5, 0.6) is 0 Å². The molecule has 2 aliphatic heterocycles. The van der Waals surface area contributed by atoms with Crippen LogP contribution in [0.3, 0.4) is 0 Å². The molecule has 0 unspecified atom stereocenters. The summed E-state index contributed by atoms with van der Waals surface area (Å²) in [7, 11) is 0. The number of hydrogen-bond acceptors (Lipinski definition) is 7. The van der Waals surface area contributed by atoms with Crippen LogP contribution in [0.4, 0.5) is 34.1 Å². The lowest BCUT2D eigenvalue weighted by Crippen LogP contribution is -2.62. The van der Waals surface area contributed by atoms with E-state index in [0.29, 0.717) is 33.6 Å². The zero-order chi connectivity index (χ0) is 63.5. The first-order chi connectivity index (χ1) is 41.0. The molecule has 0 atom stereocenters. The van der Waals surface area contributed by atoms with Crippen LogP contribution in [0.1, 0.15) is 175 Å². The highest BCUT2D eigenvalue weighted by atomic mass is 16.3. The molecule has 2 aliphatic rings. The normalized spacial score (nSPS) is 14.2. The van der Waals surface area contributed by atoms with Gasteiger partial charge in [-0.2, -0.15) is 0 Å². The first-order valence-electron chi connectivity index (χ1n) is 31.2. The van der Waals surface area contributed by atoms with Crippen LogP contribution in [0.15, 0.2) is 157 Å². The molecule has 0 aliphatic carbocycles. The molecule has 8 nitrogen and oxygen atoms in total. The van der Waals surface area contributed by atoms with E-state index >= 15 is 0 Å². The number of hydrogen-bond donors (Lipinski definition) is 4. The lowest BCUT2D eigenvalue weighted by molar-refractivity contribution is 0.0717. The Morgan fingerprint density at radius 1 is 0.466 bits per heavy atom. The fourth-order valence-electron chi connectivity index (χ4n) is 13.8. The smallest absolute Gasteiger partial charge is 0.252 e. The minimum Gasteiger partial charge on any atom is -0.455 e. The standard InChI is InChI=1S/C79H86BN3O5/c1-20-28-52-55-44-61-65(45-63(55)81(62(52)21-2)50-29-23-22-24-30-50)83(71-58(78(16,17)86)39-48(74(6,7)8)40-59(71)79(18,19)87)67-43-49(75(9,10)11)42-66-69(67)80(61)60-36-35-47(73(3,4)5)41-64(60)82(66)70-56(76(12,13)84)37-46(38-57(70)77(14,15)85)51-32-27-33-54-53-31-25-26-34-68(53)88-72(51)54/h20-45,84-87H,2H2,1,3-19H3/b28-20-. The van der Waals surface area contributed by atoms with Crippen LogP contribution in [-0.2, 0) is 38.6 Å². The fraction of sp³-hybridized carbons (Fsp3) is 0.316. The van der Waals surface area contributed by atoms with Crippen molar-refractivity contribution in [3.05, 3.63) is 202 Å². The predicted molar refractivity (Wildman–Crippen MR) is 372 cm³/mol. The minimum atomic E-state index is -1.48. The Bertz CT molecular complexity index is 4460. The average Bonchev–Trinajstić information content (AvgIpc) is 0.804. The maximum atomic E-state index is 13.1. The molecule has 10 aromatic rings. The topological polar surface area (TPSA) is 105 Å². The molecule has 8 aromatic carbocycles. The number of rotatable bonds is 10. The van der Waals surface area contributed by atoms with Gasteiger partial charge in [0.15, 0.2) is 0 Å². The van der Waals surface area contributed by atoms with Gasteiger partial charge >= 0.3 is 0 Å². The number of allylic oxidation sites excluding steroid dienone is 1. The Hall–Kier alpha value is -7.92. The molecular weight excluding hydrogens is 1080 g/mol. The van der Waals surface area contributed by atoms with Crippen LogP contribution in [0.2, 0.25) is 0 Å². The number of benzene rings is 8. The van der Waals surface area contributed by atoms with Crippen LogP contribution < -0.4 is 26.2 Å². The van der Waals surface area contributed by atoms with E-state index in [2.05, 4.69) is 218 Å². The molecule has 4 heterocycles. The number of furan rings is 1. The summed E-state index contributed by atoms with van der Waals surface area (Å²) < 4.78 is 9.03. The van der Waals surface area contributed by atoms with Crippen molar-refractivity contribution in [3.63, 3.8) is 0 Å². The van der Waals surface area contributed by atoms with Gasteiger partial charge in [-0.05, 0) is 178 Å². The molecular formula is C79H86BN3O5. The van der Waals surface area contributed by atoms with Crippen molar-refractivity contribution in [1.82, 2.24) is 4.57 Å². The van der Waals surface area contributed by atoms with E-state index in [4.69, 9.17) is 4.42 Å². The molecule has 0 spiro atoms. The first kappa shape index (κ1) is 60.4. The van der Waals surface area contributed by atoms with Gasteiger partial charge in [-0.25, -0.2) is 0 Å². The molecule has 2 aromatic heterocycles. The van der Waals surface area contributed by atoms with Gasteiger partial charge in [0.1, 0.15) is 11.2 Å². The molecule has 450 valence electrons.